The summed E-state index contributed by atoms with van der Waals surface area (Å²) in [7, 11) is 3.41. The van der Waals surface area contributed by atoms with E-state index >= 15 is 0 Å². The molecule has 0 aliphatic carbocycles. The summed E-state index contributed by atoms with van der Waals surface area (Å²) in [6.07, 6.45) is 1.83. The number of aryl methyl sites for hydroxylation is 1. The van der Waals surface area contributed by atoms with Gasteiger partial charge in [0.05, 0.1) is 12.2 Å². The minimum Gasteiger partial charge on any atom is -0.341 e. The largest absolute Gasteiger partial charge is 0.341 e. The van der Waals surface area contributed by atoms with Gasteiger partial charge in [0.1, 0.15) is 0 Å². The molecule has 12 heavy (non-hydrogen) atoms. The number of amides is 2. The Morgan fingerprint density at radius 1 is 1.75 bits per heavy atom. The molecular formula is C7H12N4O. The van der Waals surface area contributed by atoms with Crippen molar-refractivity contribution in [2.45, 2.75) is 6.54 Å². The van der Waals surface area contributed by atoms with E-state index in [4.69, 9.17) is 0 Å². The fourth-order valence-electron chi connectivity index (χ4n) is 0.817. The number of nitrogens with one attached hydrogen (secondary N) is 2. The van der Waals surface area contributed by atoms with Crippen molar-refractivity contribution in [1.29, 1.82) is 0 Å². The lowest BCUT2D eigenvalue weighted by molar-refractivity contribution is 0.242. The second kappa shape index (κ2) is 3.75. The zero-order valence-electron chi connectivity index (χ0n) is 7.16. The molecule has 0 saturated heterocycles. The lowest BCUT2D eigenvalue weighted by Gasteiger charge is -2.00. The van der Waals surface area contributed by atoms with Gasteiger partial charge in [0.2, 0.25) is 0 Å². The Labute approximate surface area is 70.8 Å². The molecule has 2 N–H and O–H groups in total. The van der Waals surface area contributed by atoms with Crippen LogP contribution in [-0.2, 0) is 13.6 Å². The average molecular weight is 168 g/mol. The predicted octanol–water partition coefficient (Wildman–Crippen LogP) is -0.151. The van der Waals surface area contributed by atoms with E-state index in [1.54, 1.807) is 11.7 Å². The number of urea groups is 1. The van der Waals surface area contributed by atoms with E-state index in [0.29, 0.717) is 6.54 Å². The summed E-state index contributed by atoms with van der Waals surface area (Å²) in [6.45, 7) is 0.459. The van der Waals surface area contributed by atoms with Gasteiger partial charge < -0.3 is 10.6 Å². The molecule has 0 fully saturated rings. The highest BCUT2D eigenvalue weighted by atomic mass is 16.2. The number of hydrogen-bond acceptors (Lipinski definition) is 2. The molecule has 66 valence electrons. The second-order valence-corrected chi connectivity index (χ2v) is 2.41. The third kappa shape index (κ3) is 2.26. The van der Waals surface area contributed by atoms with E-state index in [0.717, 1.165) is 5.69 Å². The molecule has 0 spiro atoms. The highest BCUT2D eigenvalue weighted by molar-refractivity contribution is 5.73. The van der Waals surface area contributed by atoms with Gasteiger partial charge in [0.15, 0.2) is 0 Å². The SMILES string of the molecule is CNC(=O)NCc1ccn(C)n1. The van der Waals surface area contributed by atoms with E-state index in [9.17, 15) is 4.79 Å². The molecular weight excluding hydrogens is 156 g/mol. The first kappa shape index (κ1) is 8.58. The molecule has 0 bridgehead atoms. The van der Waals surface area contributed by atoms with Crippen molar-refractivity contribution in [2.75, 3.05) is 7.05 Å². The Bertz CT molecular complexity index is 268. The summed E-state index contributed by atoms with van der Waals surface area (Å²) in [5, 5.41) is 9.18. The molecule has 1 aromatic heterocycles. The molecule has 0 saturated carbocycles. The monoisotopic (exact) mass is 168 g/mol. The van der Waals surface area contributed by atoms with Crippen LogP contribution in [0.3, 0.4) is 0 Å². The topological polar surface area (TPSA) is 59.0 Å². The summed E-state index contributed by atoms with van der Waals surface area (Å²) >= 11 is 0. The first-order valence-corrected chi connectivity index (χ1v) is 3.66. The van der Waals surface area contributed by atoms with Crippen LogP contribution in [0.25, 0.3) is 0 Å². The second-order valence-electron chi connectivity index (χ2n) is 2.41. The molecule has 1 heterocycles. The van der Waals surface area contributed by atoms with Crippen LogP contribution in [0.1, 0.15) is 5.69 Å². The van der Waals surface area contributed by atoms with Crippen molar-refractivity contribution in [1.82, 2.24) is 20.4 Å². The zero-order chi connectivity index (χ0) is 8.97. The third-order valence-electron chi connectivity index (χ3n) is 1.43. The normalized spacial score (nSPS) is 9.50. The van der Waals surface area contributed by atoms with Gasteiger partial charge in [-0.15, -0.1) is 0 Å². The maximum Gasteiger partial charge on any atom is 0.314 e. The van der Waals surface area contributed by atoms with Crippen LogP contribution < -0.4 is 10.6 Å². The number of nitrogens with zero attached hydrogens (tertiary/aromatic N) is 2. The van der Waals surface area contributed by atoms with Crippen molar-refractivity contribution in [2.24, 2.45) is 7.05 Å². The summed E-state index contributed by atoms with van der Waals surface area (Å²) in [5.74, 6) is 0. The number of carbonyl (C=O) groups excluding carboxylic acids is 1. The Balaban J connectivity index is 2.38. The van der Waals surface area contributed by atoms with Crippen LogP contribution in [0.4, 0.5) is 4.79 Å². The van der Waals surface area contributed by atoms with Crippen LogP contribution in [0, 0.1) is 0 Å². The molecule has 0 aromatic carbocycles. The highest BCUT2D eigenvalue weighted by Gasteiger charge is 1.98. The lowest BCUT2D eigenvalue weighted by atomic mass is 10.4. The summed E-state index contributed by atoms with van der Waals surface area (Å²) in [6, 6.07) is 1.66. The van der Waals surface area contributed by atoms with Gasteiger partial charge in [-0.3, -0.25) is 4.68 Å². The molecule has 1 rings (SSSR count). The molecule has 5 nitrogen and oxygen atoms in total. The maximum atomic E-state index is 10.7. The molecule has 0 aliphatic heterocycles. The van der Waals surface area contributed by atoms with Gasteiger partial charge in [0, 0.05) is 20.3 Å². The fourth-order valence-corrected chi connectivity index (χ4v) is 0.817. The first-order chi connectivity index (χ1) is 5.72. The lowest BCUT2D eigenvalue weighted by Crippen LogP contribution is -2.32. The van der Waals surface area contributed by atoms with E-state index in [1.807, 2.05) is 19.3 Å². The first-order valence-electron chi connectivity index (χ1n) is 3.66. The smallest absolute Gasteiger partial charge is 0.314 e. The van der Waals surface area contributed by atoms with Gasteiger partial charge in [-0.2, -0.15) is 5.10 Å². The molecule has 0 aliphatic rings. The van der Waals surface area contributed by atoms with Crippen LogP contribution in [0.15, 0.2) is 12.3 Å². The Morgan fingerprint density at radius 3 is 3.00 bits per heavy atom. The number of carbonyl (C=O) groups is 1. The Hall–Kier alpha value is -1.52. The average Bonchev–Trinajstić information content (AvgIpc) is 2.47. The molecule has 1 aromatic rings. The van der Waals surface area contributed by atoms with Crippen molar-refractivity contribution in [3.63, 3.8) is 0 Å². The summed E-state index contributed by atoms with van der Waals surface area (Å²) in [5.41, 5.74) is 0.848. The Kier molecular flexibility index (Phi) is 2.68. The summed E-state index contributed by atoms with van der Waals surface area (Å²) < 4.78 is 1.70. The van der Waals surface area contributed by atoms with Gasteiger partial charge in [-0.1, -0.05) is 0 Å². The van der Waals surface area contributed by atoms with Crippen LogP contribution in [0.2, 0.25) is 0 Å². The van der Waals surface area contributed by atoms with E-state index in [-0.39, 0.29) is 6.03 Å². The highest BCUT2D eigenvalue weighted by Crippen LogP contribution is 1.91. The van der Waals surface area contributed by atoms with Crippen molar-refractivity contribution in [3.8, 4) is 0 Å². The maximum absolute atomic E-state index is 10.7. The molecule has 0 unspecified atom stereocenters. The standard InChI is InChI=1S/C7H12N4O/c1-8-7(12)9-5-6-3-4-11(2)10-6/h3-4H,5H2,1-2H3,(H2,8,9,12). The van der Waals surface area contributed by atoms with Gasteiger partial charge in [-0.25, -0.2) is 4.79 Å². The van der Waals surface area contributed by atoms with Gasteiger partial charge in [-0.05, 0) is 6.07 Å². The van der Waals surface area contributed by atoms with E-state index < -0.39 is 0 Å². The molecule has 2 amide bonds. The number of aromatic nitrogens is 2. The van der Waals surface area contributed by atoms with Crippen molar-refractivity contribution < 1.29 is 4.79 Å². The fraction of sp³-hybridized carbons (Fsp3) is 0.429. The zero-order valence-corrected chi connectivity index (χ0v) is 7.16. The quantitative estimate of drug-likeness (QED) is 0.645. The van der Waals surface area contributed by atoms with Crippen LogP contribution in [-0.4, -0.2) is 22.9 Å². The van der Waals surface area contributed by atoms with Crippen molar-refractivity contribution >= 4 is 6.03 Å². The number of hydrogen-bond donors (Lipinski definition) is 2. The van der Waals surface area contributed by atoms with Gasteiger partial charge >= 0.3 is 6.03 Å². The number of rotatable bonds is 2. The van der Waals surface area contributed by atoms with Crippen LogP contribution >= 0.6 is 0 Å². The molecule has 0 radical (unpaired) electrons. The molecule has 0 atom stereocenters. The predicted molar refractivity (Wildman–Crippen MR) is 44.5 cm³/mol. The molecule has 5 heteroatoms. The minimum absolute atomic E-state index is 0.194. The Morgan fingerprint density at radius 2 is 2.50 bits per heavy atom. The van der Waals surface area contributed by atoms with Gasteiger partial charge in [0.25, 0.3) is 0 Å². The van der Waals surface area contributed by atoms with Crippen LogP contribution in [0.5, 0.6) is 0 Å². The van der Waals surface area contributed by atoms with E-state index in [1.165, 1.54) is 0 Å². The van der Waals surface area contributed by atoms with Crippen molar-refractivity contribution in [3.05, 3.63) is 18.0 Å². The third-order valence-corrected chi connectivity index (χ3v) is 1.43. The minimum atomic E-state index is -0.194. The summed E-state index contributed by atoms with van der Waals surface area (Å²) in [4.78, 5) is 10.7. The van der Waals surface area contributed by atoms with E-state index in [2.05, 4.69) is 15.7 Å².